The summed E-state index contributed by atoms with van der Waals surface area (Å²) in [6, 6.07) is 8.93. The number of aldehydes is 1. The molecule has 0 saturated heterocycles. The third kappa shape index (κ3) is 2.44. The van der Waals surface area contributed by atoms with Crippen molar-refractivity contribution in [3.8, 4) is 22.6 Å². The summed E-state index contributed by atoms with van der Waals surface area (Å²) in [4.78, 5) is 21.0. The minimum absolute atomic E-state index is 0.0184. The van der Waals surface area contributed by atoms with Crippen molar-refractivity contribution in [1.82, 2.24) is 0 Å². The summed E-state index contributed by atoms with van der Waals surface area (Å²) in [6.45, 7) is 0. The highest BCUT2D eigenvalue weighted by atomic mass is 16.6. The summed E-state index contributed by atoms with van der Waals surface area (Å²) < 4.78 is 4.99. The number of aromatic hydroxyl groups is 1. The van der Waals surface area contributed by atoms with E-state index in [0.717, 1.165) is 0 Å². The average molecular weight is 273 g/mol. The van der Waals surface area contributed by atoms with Crippen LogP contribution in [0, 0.1) is 10.1 Å². The van der Waals surface area contributed by atoms with E-state index in [2.05, 4.69) is 0 Å². The molecule has 0 aliphatic carbocycles. The zero-order valence-electron chi connectivity index (χ0n) is 10.6. The van der Waals surface area contributed by atoms with Gasteiger partial charge in [0, 0.05) is 12.1 Å². The second-order valence-corrected chi connectivity index (χ2v) is 4.04. The van der Waals surface area contributed by atoms with Crippen molar-refractivity contribution in [2.75, 3.05) is 7.11 Å². The molecule has 2 aromatic carbocycles. The Kier molecular flexibility index (Phi) is 3.65. The standard InChI is InChI=1S/C14H11NO5/c1-20-13-7-10(6-11(8-16)14(13)17)9-2-4-12(5-3-9)15(18)19/h2-8,17H,1H3. The normalized spacial score (nSPS) is 10.1. The predicted octanol–water partition coefficient (Wildman–Crippen LogP) is 2.79. The molecule has 0 atom stereocenters. The van der Waals surface area contributed by atoms with E-state index >= 15 is 0 Å². The quantitative estimate of drug-likeness (QED) is 0.525. The molecule has 0 aliphatic rings. The number of hydrogen-bond acceptors (Lipinski definition) is 5. The lowest BCUT2D eigenvalue weighted by Gasteiger charge is -2.09. The summed E-state index contributed by atoms with van der Waals surface area (Å²) in [7, 11) is 1.38. The van der Waals surface area contributed by atoms with E-state index in [1.807, 2.05) is 0 Å². The molecule has 0 amide bonds. The number of rotatable bonds is 4. The smallest absolute Gasteiger partial charge is 0.269 e. The van der Waals surface area contributed by atoms with Gasteiger partial charge < -0.3 is 9.84 Å². The SMILES string of the molecule is COc1cc(-c2ccc([N+](=O)[O-])cc2)cc(C=O)c1O. The van der Waals surface area contributed by atoms with Gasteiger partial charge in [0.05, 0.1) is 17.6 Å². The number of nitrogens with zero attached hydrogens (tertiary/aromatic N) is 1. The number of nitro benzene ring substituents is 1. The Morgan fingerprint density at radius 2 is 1.85 bits per heavy atom. The molecule has 20 heavy (non-hydrogen) atoms. The topological polar surface area (TPSA) is 89.7 Å². The number of nitro groups is 1. The largest absolute Gasteiger partial charge is 0.504 e. The molecule has 0 spiro atoms. The molecule has 6 heteroatoms. The number of benzene rings is 2. The molecule has 0 heterocycles. The third-order valence-corrected chi connectivity index (χ3v) is 2.86. The lowest BCUT2D eigenvalue weighted by atomic mass is 10.0. The van der Waals surface area contributed by atoms with Gasteiger partial charge in [-0.3, -0.25) is 14.9 Å². The van der Waals surface area contributed by atoms with Gasteiger partial charge in [-0.1, -0.05) is 0 Å². The fraction of sp³-hybridized carbons (Fsp3) is 0.0714. The zero-order valence-corrected chi connectivity index (χ0v) is 10.6. The Morgan fingerprint density at radius 3 is 2.35 bits per heavy atom. The Hall–Kier alpha value is -2.89. The molecule has 102 valence electrons. The van der Waals surface area contributed by atoms with Gasteiger partial charge in [-0.05, 0) is 35.4 Å². The summed E-state index contributed by atoms with van der Waals surface area (Å²) in [6.07, 6.45) is 0.521. The summed E-state index contributed by atoms with van der Waals surface area (Å²) in [5.41, 5.74) is 1.38. The van der Waals surface area contributed by atoms with E-state index in [0.29, 0.717) is 17.4 Å². The molecule has 1 N–H and O–H groups in total. The van der Waals surface area contributed by atoms with Gasteiger partial charge in [0.1, 0.15) is 0 Å². The molecule has 0 aliphatic heterocycles. The van der Waals surface area contributed by atoms with Gasteiger partial charge in [-0.15, -0.1) is 0 Å². The van der Waals surface area contributed by atoms with E-state index in [4.69, 9.17) is 4.74 Å². The van der Waals surface area contributed by atoms with Crippen molar-refractivity contribution in [2.24, 2.45) is 0 Å². The highest BCUT2D eigenvalue weighted by Gasteiger charge is 2.12. The fourth-order valence-corrected chi connectivity index (χ4v) is 1.82. The fourth-order valence-electron chi connectivity index (χ4n) is 1.82. The van der Waals surface area contributed by atoms with Gasteiger partial charge in [0.2, 0.25) is 0 Å². The maximum absolute atomic E-state index is 10.9. The highest BCUT2D eigenvalue weighted by Crippen LogP contribution is 2.35. The molecule has 0 unspecified atom stereocenters. The number of non-ortho nitro benzene ring substituents is 1. The first-order valence-electron chi connectivity index (χ1n) is 5.68. The number of hydrogen-bond donors (Lipinski definition) is 1. The highest BCUT2D eigenvalue weighted by molar-refractivity contribution is 5.85. The number of ether oxygens (including phenoxy) is 1. The van der Waals surface area contributed by atoms with Gasteiger partial charge in [-0.25, -0.2) is 0 Å². The van der Waals surface area contributed by atoms with Crippen LogP contribution in [0.4, 0.5) is 5.69 Å². The second-order valence-electron chi connectivity index (χ2n) is 4.04. The number of methoxy groups -OCH3 is 1. The van der Waals surface area contributed by atoms with Gasteiger partial charge >= 0.3 is 0 Å². The Labute approximate surface area is 114 Å². The second kappa shape index (κ2) is 5.40. The van der Waals surface area contributed by atoms with Crippen LogP contribution in [0.5, 0.6) is 11.5 Å². The van der Waals surface area contributed by atoms with Crippen molar-refractivity contribution in [2.45, 2.75) is 0 Å². The van der Waals surface area contributed by atoms with Gasteiger partial charge in [-0.2, -0.15) is 0 Å². The first-order valence-corrected chi connectivity index (χ1v) is 5.68. The van der Waals surface area contributed by atoms with E-state index in [1.165, 1.54) is 25.3 Å². The molecule has 2 aromatic rings. The molecule has 0 radical (unpaired) electrons. The minimum atomic E-state index is -0.488. The molecule has 0 fully saturated rings. The van der Waals surface area contributed by atoms with Crippen LogP contribution in [0.15, 0.2) is 36.4 Å². The van der Waals surface area contributed by atoms with Crippen LogP contribution in [0.25, 0.3) is 11.1 Å². The molecule has 6 nitrogen and oxygen atoms in total. The van der Waals surface area contributed by atoms with Crippen LogP contribution < -0.4 is 4.74 Å². The molecular weight excluding hydrogens is 262 g/mol. The lowest BCUT2D eigenvalue weighted by Crippen LogP contribution is -1.91. The first kappa shape index (κ1) is 13.5. The summed E-state index contributed by atoms with van der Waals surface area (Å²) in [5.74, 6) is -0.0592. The van der Waals surface area contributed by atoms with Crippen LogP contribution in [-0.4, -0.2) is 23.4 Å². The molecule has 0 bridgehead atoms. The van der Waals surface area contributed by atoms with Crippen molar-refractivity contribution < 1.29 is 19.6 Å². The Balaban J connectivity index is 2.51. The molecular formula is C14H11NO5. The van der Waals surface area contributed by atoms with Gasteiger partial charge in [0.25, 0.3) is 5.69 Å². The number of phenolic OH excluding ortho intramolecular Hbond substituents is 1. The summed E-state index contributed by atoms with van der Waals surface area (Å²) >= 11 is 0. The predicted molar refractivity (Wildman–Crippen MR) is 72.1 cm³/mol. The maximum Gasteiger partial charge on any atom is 0.269 e. The minimum Gasteiger partial charge on any atom is -0.504 e. The summed E-state index contributed by atoms with van der Waals surface area (Å²) in [5, 5.41) is 20.3. The number of phenols is 1. The van der Waals surface area contributed by atoms with Crippen LogP contribution >= 0.6 is 0 Å². The van der Waals surface area contributed by atoms with E-state index in [-0.39, 0.29) is 22.7 Å². The monoisotopic (exact) mass is 273 g/mol. The lowest BCUT2D eigenvalue weighted by molar-refractivity contribution is -0.384. The molecule has 0 aromatic heterocycles. The first-order chi connectivity index (χ1) is 9.56. The van der Waals surface area contributed by atoms with Crippen LogP contribution in [0.2, 0.25) is 0 Å². The van der Waals surface area contributed by atoms with E-state index in [1.54, 1.807) is 18.2 Å². The van der Waals surface area contributed by atoms with E-state index in [9.17, 15) is 20.0 Å². The van der Waals surface area contributed by atoms with Crippen LogP contribution in [0.1, 0.15) is 10.4 Å². The van der Waals surface area contributed by atoms with Crippen LogP contribution in [-0.2, 0) is 0 Å². The van der Waals surface area contributed by atoms with Crippen molar-refractivity contribution in [3.63, 3.8) is 0 Å². The van der Waals surface area contributed by atoms with Gasteiger partial charge in [0.15, 0.2) is 17.8 Å². The van der Waals surface area contributed by atoms with Crippen molar-refractivity contribution in [1.29, 1.82) is 0 Å². The van der Waals surface area contributed by atoms with Crippen molar-refractivity contribution >= 4 is 12.0 Å². The zero-order chi connectivity index (χ0) is 14.7. The third-order valence-electron chi connectivity index (χ3n) is 2.86. The number of carbonyl (C=O) groups excluding carboxylic acids is 1. The number of carbonyl (C=O) groups is 1. The Bertz CT molecular complexity index is 664. The Morgan fingerprint density at radius 1 is 1.20 bits per heavy atom. The maximum atomic E-state index is 10.9. The molecule has 2 rings (SSSR count). The van der Waals surface area contributed by atoms with Crippen LogP contribution in [0.3, 0.4) is 0 Å². The molecule has 0 saturated carbocycles. The van der Waals surface area contributed by atoms with E-state index < -0.39 is 4.92 Å². The average Bonchev–Trinajstić information content (AvgIpc) is 2.47. The van der Waals surface area contributed by atoms with Crippen molar-refractivity contribution in [3.05, 3.63) is 52.1 Å².